The van der Waals surface area contributed by atoms with Gasteiger partial charge in [0.15, 0.2) is 0 Å². The number of rotatable bonds is 5. The summed E-state index contributed by atoms with van der Waals surface area (Å²) in [4.78, 5) is 18.2. The van der Waals surface area contributed by atoms with Crippen LogP contribution in [0.1, 0.15) is 23.7 Å². The van der Waals surface area contributed by atoms with E-state index in [0.29, 0.717) is 18.7 Å². The number of carbonyl (C=O) groups is 1. The van der Waals surface area contributed by atoms with Crippen molar-refractivity contribution in [1.29, 1.82) is 0 Å². The van der Waals surface area contributed by atoms with Crippen LogP contribution in [-0.4, -0.2) is 52.3 Å². The molecule has 2 aromatic rings. The number of nitrogens with zero attached hydrogens (tertiary/aromatic N) is 3. The van der Waals surface area contributed by atoms with Crippen LogP contribution in [0.3, 0.4) is 0 Å². The molecule has 1 fully saturated rings. The van der Waals surface area contributed by atoms with Gasteiger partial charge in [0.1, 0.15) is 18.0 Å². The third kappa shape index (κ3) is 3.73. The fourth-order valence-electron chi connectivity index (χ4n) is 2.87. The number of aromatic nitrogens is 3. The molecule has 0 radical (unpaired) electrons. The molecule has 6 nitrogen and oxygen atoms in total. The SMILES string of the molecule is CN(C[C@H]1OCC[C@H]1c1ncn[nH]1)C(=O)Cc1ccc(F)cc1Cl. The van der Waals surface area contributed by atoms with Crippen molar-refractivity contribution in [2.24, 2.45) is 0 Å². The Hall–Kier alpha value is -1.99. The van der Waals surface area contributed by atoms with E-state index in [9.17, 15) is 9.18 Å². The lowest BCUT2D eigenvalue weighted by atomic mass is 10.0. The normalized spacial score (nSPS) is 20.3. The summed E-state index contributed by atoms with van der Waals surface area (Å²) in [6, 6.07) is 4.05. The van der Waals surface area contributed by atoms with E-state index >= 15 is 0 Å². The molecule has 0 unspecified atom stereocenters. The number of hydrogen-bond acceptors (Lipinski definition) is 4. The summed E-state index contributed by atoms with van der Waals surface area (Å²) in [6.45, 7) is 1.07. The molecule has 2 atom stereocenters. The largest absolute Gasteiger partial charge is 0.376 e. The van der Waals surface area contributed by atoms with Crippen LogP contribution in [0, 0.1) is 5.82 Å². The quantitative estimate of drug-likeness (QED) is 0.895. The first-order valence-corrected chi connectivity index (χ1v) is 8.07. The number of ether oxygens (including phenoxy) is 1. The van der Waals surface area contributed by atoms with Crippen LogP contribution in [0.4, 0.5) is 4.39 Å². The molecule has 0 saturated carbocycles. The number of carbonyl (C=O) groups excluding carboxylic acids is 1. The summed E-state index contributed by atoms with van der Waals surface area (Å²) < 4.78 is 18.8. The van der Waals surface area contributed by atoms with Crippen molar-refractivity contribution in [3.8, 4) is 0 Å². The number of amides is 1. The second-order valence-corrected chi connectivity index (χ2v) is 6.27. The first-order chi connectivity index (χ1) is 11.5. The fourth-order valence-corrected chi connectivity index (χ4v) is 3.10. The minimum absolute atomic E-state index is 0.0946. The molecule has 1 amide bonds. The lowest BCUT2D eigenvalue weighted by molar-refractivity contribution is -0.130. The van der Waals surface area contributed by atoms with E-state index in [1.807, 2.05) is 0 Å². The van der Waals surface area contributed by atoms with E-state index in [-0.39, 0.29) is 29.4 Å². The highest BCUT2D eigenvalue weighted by molar-refractivity contribution is 6.31. The summed E-state index contributed by atoms with van der Waals surface area (Å²) >= 11 is 5.98. The van der Waals surface area contributed by atoms with E-state index in [4.69, 9.17) is 16.3 Å². The molecule has 1 aromatic heterocycles. The maximum atomic E-state index is 13.1. The minimum atomic E-state index is -0.418. The van der Waals surface area contributed by atoms with Gasteiger partial charge in [-0.15, -0.1) is 0 Å². The summed E-state index contributed by atoms with van der Waals surface area (Å²) in [7, 11) is 1.72. The molecule has 0 bridgehead atoms. The molecular weight excluding hydrogens is 335 g/mol. The van der Waals surface area contributed by atoms with Gasteiger partial charge in [-0.1, -0.05) is 17.7 Å². The monoisotopic (exact) mass is 352 g/mol. The maximum Gasteiger partial charge on any atom is 0.226 e. The van der Waals surface area contributed by atoms with E-state index in [1.165, 1.54) is 24.5 Å². The van der Waals surface area contributed by atoms with Crippen molar-refractivity contribution in [3.63, 3.8) is 0 Å². The predicted molar refractivity (Wildman–Crippen MR) is 86.2 cm³/mol. The van der Waals surface area contributed by atoms with Crippen LogP contribution in [0.15, 0.2) is 24.5 Å². The Bertz CT molecular complexity index is 710. The molecule has 128 valence electrons. The molecule has 1 aliphatic heterocycles. The maximum absolute atomic E-state index is 13.1. The first kappa shape index (κ1) is 16.9. The summed E-state index contributed by atoms with van der Waals surface area (Å²) in [6.07, 6.45) is 2.30. The lowest BCUT2D eigenvalue weighted by Gasteiger charge is -2.24. The van der Waals surface area contributed by atoms with Gasteiger partial charge in [0.25, 0.3) is 0 Å². The molecular formula is C16H18ClFN4O2. The van der Waals surface area contributed by atoms with Gasteiger partial charge in [-0.2, -0.15) is 5.10 Å². The molecule has 2 heterocycles. The van der Waals surface area contributed by atoms with E-state index in [1.54, 1.807) is 11.9 Å². The van der Waals surface area contributed by atoms with Gasteiger partial charge in [-0.05, 0) is 24.1 Å². The van der Waals surface area contributed by atoms with Crippen LogP contribution >= 0.6 is 11.6 Å². The zero-order chi connectivity index (χ0) is 17.1. The van der Waals surface area contributed by atoms with Crippen LogP contribution in [-0.2, 0) is 16.0 Å². The Morgan fingerprint density at radius 3 is 3.08 bits per heavy atom. The van der Waals surface area contributed by atoms with Crippen molar-refractivity contribution < 1.29 is 13.9 Å². The number of likely N-dealkylation sites (N-methyl/N-ethyl adjacent to an activating group) is 1. The fraction of sp³-hybridized carbons (Fsp3) is 0.438. The highest BCUT2D eigenvalue weighted by Crippen LogP contribution is 2.29. The van der Waals surface area contributed by atoms with Crippen LogP contribution in [0.5, 0.6) is 0 Å². The van der Waals surface area contributed by atoms with E-state index in [0.717, 1.165) is 12.2 Å². The molecule has 1 aliphatic rings. The summed E-state index contributed by atoms with van der Waals surface area (Å²) in [5, 5.41) is 6.99. The zero-order valence-corrected chi connectivity index (χ0v) is 14.0. The number of nitrogens with one attached hydrogen (secondary N) is 1. The van der Waals surface area contributed by atoms with Gasteiger partial charge >= 0.3 is 0 Å². The third-order valence-corrected chi connectivity index (χ3v) is 4.58. The predicted octanol–water partition coefficient (Wildman–Crippen LogP) is 2.17. The Labute approximate surface area is 144 Å². The summed E-state index contributed by atoms with van der Waals surface area (Å²) in [5.41, 5.74) is 0.606. The van der Waals surface area contributed by atoms with Crippen LogP contribution in [0.25, 0.3) is 0 Å². The van der Waals surface area contributed by atoms with Gasteiger partial charge < -0.3 is 9.64 Å². The second-order valence-electron chi connectivity index (χ2n) is 5.86. The van der Waals surface area contributed by atoms with Crippen molar-refractivity contribution >= 4 is 17.5 Å². The van der Waals surface area contributed by atoms with Crippen molar-refractivity contribution in [2.75, 3.05) is 20.2 Å². The molecule has 0 spiro atoms. The number of aromatic amines is 1. The van der Waals surface area contributed by atoms with E-state index < -0.39 is 5.82 Å². The standard InChI is InChI=1S/C16H18ClFN4O2/c1-22(15(23)6-10-2-3-11(18)7-13(10)17)8-14-12(4-5-24-14)16-19-9-20-21-16/h2-3,7,9,12,14H,4-6,8H2,1H3,(H,19,20,21)/t12-,14-/m1/s1. The lowest BCUT2D eigenvalue weighted by Crippen LogP contribution is -2.37. The van der Waals surface area contributed by atoms with Gasteiger partial charge in [0.2, 0.25) is 5.91 Å². The van der Waals surface area contributed by atoms with Crippen LogP contribution in [0.2, 0.25) is 5.02 Å². The molecule has 1 saturated heterocycles. The average molecular weight is 353 g/mol. The Morgan fingerprint density at radius 2 is 2.38 bits per heavy atom. The van der Waals surface area contributed by atoms with Crippen molar-refractivity contribution in [3.05, 3.63) is 46.8 Å². The smallest absolute Gasteiger partial charge is 0.226 e. The van der Waals surface area contributed by atoms with Gasteiger partial charge in [-0.25, -0.2) is 9.37 Å². The Kier molecular flexibility index (Phi) is 5.11. The molecule has 24 heavy (non-hydrogen) atoms. The second kappa shape index (κ2) is 7.27. The number of benzene rings is 1. The van der Waals surface area contributed by atoms with Crippen LogP contribution < -0.4 is 0 Å². The Balaban J connectivity index is 1.61. The van der Waals surface area contributed by atoms with Crippen molar-refractivity contribution in [1.82, 2.24) is 20.1 Å². The van der Waals surface area contributed by atoms with Gasteiger partial charge in [0.05, 0.1) is 12.5 Å². The molecule has 1 N–H and O–H groups in total. The first-order valence-electron chi connectivity index (χ1n) is 7.69. The molecule has 8 heteroatoms. The number of halogens is 2. The minimum Gasteiger partial charge on any atom is -0.376 e. The molecule has 3 rings (SSSR count). The topological polar surface area (TPSA) is 71.1 Å². The van der Waals surface area contributed by atoms with Gasteiger partial charge in [0, 0.05) is 31.1 Å². The highest BCUT2D eigenvalue weighted by Gasteiger charge is 2.33. The Morgan fingerprint density at radius 1 is 1.54 bits per heavy atom. The van der Waals surface area contributed by atoms with Gasteiger partial charge in [-0.3, -0.25) is 9.89 Å². The van der Waals surface area contributed by atoms with Crippen molar-refractivity contribution in [2.45, 2.75) is 24.9 Å². The highest BCUT2D eigenvalue weighted by atomic mass is 35.5. The zero-order valence-electron chi connectivity index (χ0n) is 13.2. The third-order valence-electron chi connectivity index (χ3n) is 4.23. The number of H-pyrrole nitrogens is 1. The molecule has 1 aromatic carbocycles. The average Bonchev–Trinajstić information content (AvgIpc) is 3.20. The summed E-state index contributed by atoms with van der Waals surface area (Å²) in [5.74, 6) is 0.353. The molecule has 0 aliphatic carbocycles. The van der Waals surface area contributed by atoms with E-state index in [2.05, 4.69) is 15.2 Å². The number of hydrogen-bond donors (Lipinski definition) is 1.